The second-order valence-electron chi connectivity index (χ2n) is 2.49. The van der Waals surface area contributed by atoms with Crippen LogP contribution in [0.25, 0.3) is 0 Å². The molecule has 0 bridgehead atoms. The first-order valence-corrected chi connectivity index (χ1v) is 3.46. The zero-order chi connectivity index (χ0) is 10.0. The SMILES string of the molecule is Cc1cc(C(F)F)c(C=O)nc1F. The molecule has 0 amide bonds. The summed E-state index contributed by atoms with van der Waals surface area (Å²) >= 11 is 0. The first-order chi connectivity index (χ1) is 6.06. The smallest absolute Gasteiger partial charge is 0.266 e. The fourth-order valence-corrected chi connectivity index (χ4v) is 0.894. The highest BCUT2D eigenvalue weighted by molar-refractivity contribution is 5.74. The van der Waals surface area contributed by atoms with Crippen LogP contribution in [0.15, 0.2) is 6.07 Å². The summed E-state index contributed by atoms with van der Waals surface area (Å²) in [4.78, 5) is 13.3. The number of aldehydes is 1. The Bertz CT molecular complexity index is 338. The van der Waals surface area contributed by atoms with E-state index < -0.39 is 23.6 Å². The van der Waals surface area contributed by atoms with E-state index >= 15 is 0 Å². The molecular formula is C8H6F3NO. The molecule has 2 nitrogen and oxygen atoms in total. The van der Waals surface area contributed by atoms with Crippen LogP contribution in [0.5, 0.6) is 0 Å². The lowest BCUT2D eigenvalue weighted by molar-refractivity contribution is 0.110. The van der Waals surface area contributed by atoms with Gasteiger partial charge in [0, 0.05) is 11.1 Å². The number of hydrogen-bond donors (Lipinski definition) is 0. The van der Waals surface area contributed by atoms with Gasteiger partial charge in [-0.15, -0.1) is 0 Å². The van der Waals surface area contributed by atoms with Gasteiger partial charge in [-0.1, -0.05) is 0 Å². The van der Waals surface area contributed by atoms with Gasteiger partial charge in [0.2, 0.25) is 5.95 Å². The number of nitrogens with zero attached hydrogens (tertiary/aromatic N) is 1. The lowest BCUT2D eigenvalue weighted by atomic mass is 10.1. The van der Waals surface area contributed by atoms with Crippen molar-refractivity contribution in [2.75, 3.05) is 0 Å². The molecule has 13 heavy (non-hydrogen) atoms. The van der Waals surface area contributed by atoms with E-state index in [-0.39, 0.29) is 11.8 Å². The number of pyridine rings is 1. The van der Waals surface area contributed by atoms with Crippen LogP contribution in [0.3, 0.4) is 0 Å². The summed E-state index contributed by atoms with van der Waals surface area (Å²) < 4.78 is 37.1. The first kappa shape index (κ1) is 9.70. The van der Waals surface area contributed by atoms with E-state index in [4.69, 9.17) is 0 Å². The Morgan fingerprint density at radius 2 is 2.15 bits per heavy atom. The molecule has 0 saturated heterocycles. The zero-order valence-corrected chi connectivity index (χ0v) is 6.72. The molecule has 70 valence electrons. The summed E-state index contributed by atoms with van der Waals surface area (Å²) in [7, 11) is 0. The Balaban J connectivity index is 3.32. The number of rotatable bonds is 2. The summed E-state index contributed by atoms with van der Waals surface area (Å²) in [6, 6.07) is 0.927. The fraction of sp³-hybridized carbons (Fsp3) is 0.250. The molecule has 1 aromatic heterocycles. The van der Waals surface area contributed by atoms with Gasteiger partial charge in [-0.3, -0.25) is 4.79 Å². The van der Waals surface area contributed by atoms with Gasteiger partial charge in [-0.25, -0.2) is 13.8 Å². The van der Waals surface area contributed by atoms with Gasteiger partial charge < -0.3 is 0 Å². The quantitative estimate of drug-likeness (QED) is 0.527. The number of halogens is 3. The van der Waals surface area contributed by atoms with E-state index in [0.717, 1.165) is 6.07 Å². The molecule has 5 heteroatoms. The minimum Gasteiger partial charge on any atom is -0.296 e. The Morgan fingerprint density at radius 1 is 1.54 bits per heavy atom. The maximum atomic E-state index is 12.7. The van der Waals surface area contributed by atoms with Crippen LogP contribution < -0.4 is 0 Å². The van der Waals surface area contributed by atoms with Crippen LogP contribution in [-0.2, 0) is 0 Å². The van der Waals surface area contributed by atoms with E-state index in [0.29, 0.717) is 0 Å². The molecule has 0 aliphatic rings. The second-order valence-corrected chi connectivity index (χ2v) is 2.49. The van der Waals surface area contributed by atoms with Crippen molar-refractivity contribution in [3.8, 4) is 0 Å². The first-order valence-electron chi connectivity index (χ1n) is 3.46. The van der Waals surface area contributed by atoms with Gasteiger partial charge in [0.1, 0.15) is 5.69 Å². The number of carbonyl (C=O) groups excluding carboxylic acids is 1. The predicted molar refractivity (Wildman–Crippen MR) is 39.3 cm³/mol. The molecule has 0 aromatic carbocycles. The van der Waals surface area contributed by atoms with Gasteiger partial charge in [-0.05, 0) is 13.0 Å². The van der Waals surface area contributed by atoms with Gasteiger partial charge in [-0.2, -0.15) is 4.39 Å². The largest absolute Gasteiger partial charge is 0.296 e. The number of alkyl halides is 2. The van der Waals surface area contributed by atoms with Crippen LogP contribution in [0.2, 0.25) is 0 Å². The number of aryl methyl sites for hydroxylation is 1. The summed E-state index contributed by atoms with van der Waals surface area (Å²) in [6.45, 7) is 1.31. The lowest BCUT2D eigenvalue weighted by Gasteiger charge is -2.04. The summed E-state index contributed by atoms with van der Waals surface area (Å²) in [5.74, 6) is -0.897. The third-order valence-electron chi connectivity index (χ3n) is 1.56. The van der Waals surface area contributed by atoms with Gasteiger partial charge >= 0.3 is 0 Å². The van der Waals surface area contributed by atoms with Crippen molar-refractivity contribution < 1.29 is 18.0 Å². The monoisotopic (exact) mass is 189 g/mol. The van der Waals surface area contributed by atoms with Crippen LogP contribution in [0.1, 0.15) is 28.0 Å². The van der Waals surface area contributed by atoms with Crippen LogP contribution in [0.4, 0.5) is 13.2 Å². The Labute approximate surface area is 72.4 Å². The topological polar surface area (TPSA) is 30.0 Å². The van der Waals surface area contributed by atoms with E-state index in [1.54, 1.807) is 0 Å². The molecule has 1 rings (SSSR count). The van der Waals surface area contributed by atoms with E-state index in [2.05, 4.69) is 4.98 Å². The molecule has 0 aliphatic heterocycles. The van der Waals surface area contributed by atoms with E-state index in [1.165, 1.54) is 6.92 Å². The minimum atomic E-state index is -2.81. The second kappa shape index (κ2) is 3.55. The Morgan fingerprint density at radius 3 is 2.62 bits per heavy atom. The summed E-state index contributed by atoms with van der Waals surface area (Å²) in [6.07, 6.45) is -2.70. The van der Waals surface area contributed by atoms with Crippen molar-refractivity contribution >= 4 is 6.29 Å². The van der Waals surface area contributed by atoms with Crippen molar-refractivity contribution in [3.05, 3.63) is 28.8 Å². The highest BCUT2D eigenvalue weighted by Gasteiger charge is 2.16. The third-order valence-corrected chi connectivity index (χ3v) is 1.56. The number of hydrogen-bond acceptors (Lipinski definition) is 2. The van der Waals surface area contributed by atoms with Crippen LogP contribution in [-0.4, -0.2) is 11.3 Å². The molecule has 0 aliphatic carbocycles. The Hall–Kier alpha value is -1.39. The van der Waals surface area contributed by atoms with Crippen molar-refractivity contribution in [1.29, 1.82) is 0 Å². The summed E-state index contributed by atoms with van der Waals surface area (Å²) in [5.41, 5.74) is -1.08. The molecule has 0 fully saturated rings. The maximum absolute atomic E-state index is 12.7. The molecular weight excluding hydrogens is 183 g/mol. The normalized spacial score (nSPS) is 10.5. The van der Waals surface area contributed by atoms with Crippen molar-refractivity contribution in [1.82, 2.24) is 4.98 Å². The molecule has 1 aromatic rings. The highest BCUT2D eigenvalue weighted by atomic mass is 19.3. The summed E-state index contributed by atoms with van der Waals surface area (Å²) in [5, 5.41) is 0. The molecule has 0 unspecified atom stereocenters. The lowest BCUT2D eigenvalue weighted by Crippen LogP contribution is -2.01. The zero-order valence-electron chi connectivity index (χ0n) is 6.72. The van der Waals surface area contributed by atoms with Gasteiger partial charge in [0.15, 0.2) is 6.29 Å². The van der Waals surface area contributed by atoms with Crippen molar-refractivity contribution in [3.63, 3.8) is 0 Å². The third kappa shape index (κ3) is 1.85. The molecule has 1 heterocycles. The van der Waals surface area contributed by atoms with Crippen LogP contribution >= 0.6 is 0 Å². The standard InChI is InChI=1S/C8H6F3NO/c1-4-2-5(7(9)10)6(3-13)12-8(4)11/h2-3,7H,1H3. The average Bonchev–Trinajstić information content (AvgIpc) is 2.08. The molecule has 0 atom stereocenters. The Kier molecular flexibility index (Phi) is 2.65. The number of carbonyl (C=O) groups is 1. The van der Waals surface area contributed by atoms with E-state index in [9.17, 15) is 18.0 Å². The fourth-order valence-electron chi connectivity index (χ4n) is 0.894. The van der Waals surface area contributed by atoms with Gasteiger partial charge in [0.05, 0.1) is 0 Å². The van der Waals surface area contributed by atoms with Crippen LogP contribution in [0, 0.1) is 12.9 Å². The molecule has 0 N–H and O–H groups in total. The maximum Gasteiger partial charge on any atom is 0.266 e. The molecule has 0 radical (unpaired) electrons. The minimum absolute atomic E-state index is 0.000833. The average molecular weight is 189 g/mol. The predicted octanol–water partition coefficient (Wildman–Crippen LogP) is 2.28. The van der Waals surface area contributed by atoms with E-state index in [1.807, 2.05) is 0 Å². The highest BCUT2D eigenvalue weighted by Crippen LogP contribution is 2.22. The molecule has 0 saturated carbocycles. The van der Waals surface area contributed by atoms with Crippen molar-refractivity contribution in [2.24, 2.45) is 0 Å². The van der Waals surface area contributed by atoms with Gasteiger partial charge in [0.25, 0.3) is 6.43 Å². The number of aromatic nitrogens is 1. The van der Waals surface area contributed by atoms with Crippen molar-refractivity contribution in [2.45, 2.75) is 13.3 Å². The molecule has 0 spiro atoms.